The molecule has 35 heavy (non-hydrogen) atoms. The van der Waals surface area contributed by atoms with Gasteiger partial charge in [0.2, 0.25) is 0 Å². The molecule has 0 aromatic carbocycles. The minimum Gasteiger partial charge on any atom is -0.472 e. The van der Waals surface area contributed by atoms with Gasteiger partial charge in [-0.3, -0.25) is 9.59 Å². The van der Waals surface area contributed by atoms with E-state index in [1.54, 1.807) is 18.6 Å². The Morgan fingerprint density at radius 3 is 2.49 bits per heavy atom. The van der Waals surface area contributed by atoms with Crippen LogP contribution in [0.5, 0.6) is 0 Å². The first-order valence-electron chi connectivity index (χ1n) is 12.7. The predicted octanol–water partition coefficient (Wildman–Crippen LogP) is 4.56. The van der Waals surface area contributed by atoms with E-state index in [0.29, 0.717) is 6.42 Å². The summed E-state index contributed by atoms with van der Waals surface area (Å²) in [6, 6.07) is 1.84. The van der Waals surface area contributed by atoms with E-state index >= 15 is 0 Å². The Kier molecular flexibility index (Phi) is 4.38. The van der Waals surface area contributed by atoms with E-state index in [-0.39, 0.29) is 35.0 Å². The number of ether oxygens (including phenoxy) is 3. The zero-order chi connectivity index (χ0) is 25.2. The molecule has 4 fully saturated rings. The maximum absolute atomic E-state index is 13.2. The van der Waals surface area contributed by atoms with Gasteiger partial charge in [0, 0.05) is 28.7 Å². The van der Waals surface area contributed by atoms with E-state index in [1.807, 2.05) is 19.9 Å². The van der Waals surface area contributed by atoms with Crippen LogP contribution < -0.4 is 0 Å². The Morgan fingerprint density at radius 2 is 1.83 bits per heavy atom. The molecule has 1 spiro atoms. The summed E-state index contributed by atoms with van der Waals surface area (Å²) in [5.74, 6) is -0.603. The molecule has 3 aliphatic carbocycles. The van der Waals surface area contributed by atoms with Crippen molar-refractivity contribution in [1.29, 1.82) is 0 Å². The van der Waals surface area contributed by atoms with Crippen LogP contribution in [0.2, 0.25) is 0 Å². The highest BCUT2D eigenvalue weighted by Crippen LogP contribution is 2.79. The highest BCUT2D eigenvalue weighted by atomic mass is 16.7. The standard InChI is InChI=1S/C28H34O7/c1-15(29)33-20-13-18-24(2,3)19(30)8-10-25(18,4)17-7-11-26(5)21(16-9-12-32-14-16)34-23(31)22-28(26,35-22)27(17,20)6/h8-10,12,14,17-18,20-22H,7,11,13H2,1-6H3/t17-,18-,20+,21-,22+,25+,26-,27-,28+/m0/s1. The number of carbonyl (C=O) groups excluding carboxylic acids is 3. The van der Waals surface area contributed by atoms with Crippen molar-refractivity contribution < 1.29 is 33.0 Å². The summed E-state index contributed by atoms with van der Waals surface area (Å²) >= 11 is 0. The minimum absolute atomic E-state index is 0.00639. The number of carbonyl (C=O) groups is 3. The van der Waals surface area contributed by atoms with Gasteiger partial charge in [0.1, 0.15) is 17.8 Å². The summed E-state index contributed by atoms with van der Waals surface area (Å²) in [7, 11) is 0. The minimum atomic E-state index is -0.853. The van der Waals surface area contributed by atoms with Crippen LogP contribution in [0.1, 0.15) is 72.5 Å². The number of furan rings is 1. The lowest BCUT2D eigenvalue weighted by Gasteiger charge is -2.68. The van der Waals surface area contributed by atoms with Crippen LogP contribution in [-0.2, 0) is 28.6 Å². The third-order valence-corrected chi connectivity index (χ3v) is 10.8. The molecule has 7 heteroatoms. The van der Waals surface area contributed by atoms with Crippen molar-refractivity contribution in [2.45, 2.75) is 84.7 Å². The molecule has 2 saturated carbocycles. The quantitative estimate of drug-likeness (QED) is 0.450. The number of hydrogen-bond donors (Lipinski definition) is 0. The average Bonchev–Trinajstić information content (AvgIpc) is 3.35. The molecule has 188 valence electrons. The van der Waals surface area contributed by atoms with E-state index in [2.05, 4.69) is 26.8 Å². The summed E-state index contributed by atoms with van der Waals surface area (Å²) in [4.78, 5) is 38.6. The van der Waals surface area contributed by atoms with Crippen molar-refractivity contribution in [2.75, 3.05) is 0 Å². The topological polar surface area (TPSA) is 95.3 Å². The van der Waals surface area contributed by atoms with Gasteiger partial charge in [-0.2, -0.15) is 0 Å². The lowest BCUT2D eigenvalue weighted by atomic mass is 9.35. The van der Waals surface area contributed by atoms with Gasteiger partial charge in [-0.15, -0.1) is 0 Å². The van der Waals surface area contributed by atoms with Crippen molar-refractivity contribution in [2.24, 2.45) is 33.5 Å². The predicted molar refractivity (Wildman–Crippen MR) is 124 cm³/mol. The van der Waals surface area contributed by atoms with Crippen molar-refractivity contribution in [3.8, 4) is 0 Å². The number of ketones is 1. The molecule has 0 radical (unpaired) electrons. The van der Waals surface area contributed by atoms with Crippen molar-refractivity contribution in [3.05, 3.63) is 36.3 Å². The molecule has 0 unspecified atom stereocenters. The van der Waals surface area contributed by atoms with E-state index < -0.39 is 40.2 Å². The van der Waals surface area contributed by atoms with Crippen LogP contribution >= 0.6 is 0 Å². The number of hydrogen-bond acceptors (Lipinski definition) is 7. The second-order valence-electron chi connectivity index (χ2n) is 12.6. The Morgan fingerprint density at radius 1 is 1.09 bits per heavy atom. The largest absolute Gasteiger partial charge is 0.472 e. The van der Waals surface area contributed by atoms with Gasteiger partial charge in [-0.25, -0.2) is 4.79 Å². The molecular formula is C28H34O7. The number of esters is 2. The molecule has 1 aromatic rings. The monoisotopic (exact) mass is 482 g/mol. The fourth-order valence-electron chi connectivity index (χ4n) is 9.20. The highest BCUT2D eigenvalue weighted by molar-refractivity contribution is 5.95. The van der Waals surface area contributed by atoms with Crippen LogP contribution in [0.3, 0.4) is 0 Å². The van der Waals surface area contributed by atoms with E-state index in [1.165, 1.54) is 6.92 Å². The number of allylic oxidation sites excluding steroid dienone is 2. The number of fused-ring (bicyclic) bond motifs is 3. The van der Waals surface area contributed by atoms with Crippen LogP contribution in [0, 0.1) is 33.5 Å². The van der Waals surface area contributed by atoms with Gasteiger partial charge in [-0.1, -0.05) is 40.7 Å². The summed E-state index contributed by atoms with van der Waals surface area (Å²) < 4.78 is 24.0. The zero-order valence-corrected chi connectivity index (χ0v) is 21.3. The third-order valence-electron chi connectivity index (χ3n) is 10.8. The smallest absolute Gasteiger partial charge is 0.339 e. The molecule has 6 rings (SSSR count). The summed E-state index contributed by atoms with van der Waals surface area (Å²) in [5.41, 5.74) is -2.15. The first-order chi connectivity index (χ1) is 16.3. The first kappa shape index (κ1) is 23.0. The number of cyclic esters (lactones) is 1. The van der Waals surface area contributed by atoms with Gasteiger partial charge in [0.25, 0.3) is 0 Å². The molecule has 3 heterocycles. The molecule has 1 aromatic heterocycles. The van der Waals surface area contributed by atoms with Gasteiger partial charge >= 0.3 is 11.9 Å². The van der Waals surface area contributed by atoms with Gasteiger partial charge in [0.15, 0.2) is 11.9 Å². The maximum atomic E-state index is 13.2. The van der Waals surface area contributed by atoms with E-state index in [4.69, 9.17) is 18.6 Å². The Bertz CT molecular complexity index is 1150. The molecule has 2 aliphatic heterocycles. The average molecular weight is 483 g/mol. The first-order valence-corrected chi connectivity index (χ1v) is 12.7. The van der Waals surface area contributed by atoms with Crippen LogP contribution in [0.25, 0.3) is 0 Å². The second kappa shape index (κ2) is 6.67. The third kappa shape index (κ3) is 2.48. The summed E-state index contributed by atoms with van der Waals surface area (Å²) in [6.07, 6.45) is 7.46. The second-order valence-corrected chi connectivity index (χ2v) is 12.6. The highest BCUT2D eigenvalue weighted by Gasteiger charge is 2.88. The molecule has 7 nitrogen and oxygen atoms in total. The molecule has 0 bridgehead atoms. The lowest BCUT2D eigenvalue weighted by molar-refractivity contribution is -0.251. The number of epoxide rings is 1. The van der Waals surface area contributed by atoms with Crippen LogP contribution in [-0.4, -0.2) is 35.5 Å². The SMILES string of the molecule is CC(=O)O[C@@H]1C[C@H]2C(C)(C)C(=O)C=C[C@]2(C)[C@@H]2CC[C@@]3(C)[C@H](c4ccoc4)OC(=O)[C@H]4O[C@]43[C@]12C. The van der Waals surface area contributed by atoms with E-state index in [9.17, 15) is 14.4 Å². The van der Waals surface area contributed by atoms with Crippen molar-refractivity contribution in [1.82, 2.24) is 0 Å². The molecule has 9 atom stereocenters. The zero-order valence-electron chi connectivity index (χ0n) is 21.3. The maximum Gasteiger partial charge on any atom is 0.339 e. The molecule has 2 saturated heterocycles. The molecule has 0 N–H and O–H groups in total. The molecular weight excluding hydrogens is 448 g/mol. The normalized spacial score (nSPS) is 49.1. The summed E-state index contributed by atoms with van der Waals surface area (Å²) in [6.45, 7) is 12.0. The van der Waals surface area contributed by atoms with E-state index in [0.717, 1.165) is 18.4 Å². The fraction of sp³-hybridized carbons (Fsp3) is 0.679. The van der Waals surface area contributed by atoms with Crippen LogP contribution in [0.15, 0.2) is 35.2 Å². The van der Waals surface area contributed by atoms with Gasteiger partial charge in [0.05, 0.1) is 12.5 Å². The lowest BCUT2D eigenvalue weighted by Crippen LogP contribution is -2.72. The fourth-order valence-corrected chi connectivity index (χ4v) is 9.20. The van der Waals surface area contributed by atoms with Crippen molar-refractivity contribution in [3.63, 3.8) is 0 Å². The van der Waals surface area contributed by atoms with Crippen molar-refractivity contribution >= 4 is 17.7 Å². The molecule has 0 amide bonds. The van der Waals surface area contributed by atoms with Gasteiger partial charge < -0.3 is 18.6 Å². The molecule has 5 aliphatic rings. The summed E-state index contributed by atoms with van der Waals surface area (Å²) in [5, 5.41) is 0. The van der Waals surface area contributed by atoms with Gasteiger partial charge in [-0.05, 0) is 48.7 Å². The Labute approximate surface area is 205 Å². The Hall–Kier alpha value is -2.41. The Balaban J connectivity index is 1.55. The van der Waals surface area contributed by atoms with Crippen LogP contribution in [0.4, 0.5) is 0 Å². The number of rotatable bonds is 2.